The molecule has 0 amide bonds. The van der Waals surface area contributed by atoms with Crippen molar-refractivity contribution in [2.24, 2.45) is 0 Å². The zero-order valence-electron chi connectivity index (χ0n) is 15.1. The van der Waals surface area contributed by atoms with Crippen molar-refractivity contribution in [3.8, 4) is 5.75 Å². The van der Waals surface area contributed by atoms with Crippen LogP contribution in [0.2, 0.25) is 0 Å². The van der Waals surface area contributed by atoms with Gasteiger partial charge in [-0.1, -0.05) is 71.3 Å². The number of unbranched alkanes of at least 4 members (excludes halogenated alkanes) is 8. The Balaban J connectivity index is 2.39. The minimum Gasteiger partial charge on any atom is -0.508 e. The molecule has 126 valence electrons. The van der Waals surface area contributed by atoms with Crippen molar-refractivity contribution in [3.05, 3.63) is 28.8 Å². The molecule has 1 aromatic carbocycles. The molecular formula is C21H36O. The van der Waals surface area contributed by atoms with E-state index in [2.05, 4.69) is 26.8 Å². The predicted octanol–water partition coefficient (Wildman–Crippen LogP) is 6.73. The zero-order valence-corrected chi connectivity index (χ0v) is 15.1. The molecule has 1 heteroatoms. The summed E-state index contributed by atoms with van der Waals surface area (Å²) < 4.78 is 0. The number of hydrogen-bond donors (Lipinski definition) is 1. The van der Waals surface area contributed by atoms with E-state index in [1.165, 1.54) is 80.9 Å². The van der Waals surface area contributed by atoms with Crippen LogP contribution in [0.3, 0.4) is 0 Å². The smallest absolute Gasteiger partial charge is 0.119 e. The second-order valence-electron chi connectivity index (χ2n) is 6.69. The lowest BCUT2D eigenvalue weighted by Crippen LogP contribution is -1.99. The molecule has 0 aliphatic rings. The minimum atomic E-state index is 0.514. The molecule has 0 atom stereocenters. The summed E-state index contributed by atoms with van der Waals surface area (Å²) in [5, 5.41) is 10.2. The van der Waals surface area contributed by atoms with Crippen LogP contribution in [-0.4, -0.2) is 5.11 Å². The van der Waals surface area contributed by atoms with Gasteiger partial charge in [0, 0.05) is 0 Å². The fourth-order valence-electron chi connectivity index (χ4n) is 3.21. The number of benzene rings is 1. The third kappa shape index (κ3) is 6.85. The van der Waals surface area contributed by atoms with Crippen molar-refractivity contribution in [1.82, 2.24) is 0 Å². The molecule has 1 rings (SSSR count). The van der Waals surface area contributed by atoms with Crippen molar-refractivity contribution in [3.63, 3.8) is 0 Å². The second kappa shape index (κ2) is 11.6. The maximum absolute atomic E-state index is 10.2. The van der Waals surface area contributed by atoms with Gasteiger partial charge in [0.1, 0.15) is 5.75 Å². The van der Waals surface area contributed by atoms with Crippen LogP contribution >= 0.6 is 0 Å². The first kappa shape index (κ1) is 19.1. The Morgan fingerprint density at radius 3 is 1.86 bits per heavy atom. The molecule has 1 N–H and O–H groups in total. The molecule has 0 unspecified atom stereocenters. The molecule has 0 saturated carbocycles. The van der Waals surface area contributed by atoms with Gasteiger partial charge in [0.05, 0.1) is 0 Å². The molecule has 0 aliphatic heterocycles. The lowest BCUT2D eigenvalue weighted by atomic mass is 9.92. The molecule has 0 aromatic heterocycles. The summed E-state index contributed by atoms with van der Waals surface area (Å²) in [5.74, 6) is 0.514. The second-order valence-corrected chi connectivity index (χ2v) is 6.69. The molecule has 0 bridgehead atoms. The largest absolute Gasteiger partial charge is 0.508 e. The lowest BCUT2D eigenvalue weighted by Gasteiger charge is -2.14. The normalized spacial score (nSPS) is 11.0. The molecule has 0 aliphatic carbocycles. The molecule has 0 radical (unpaired) electrons. The van der Waals surface area contributed by atoms with Crippen LogP contribution < -0.4 is 0 Å². The average Bonchev–Trinajstić information content (AvgIpc) is 2.52. The topological polar surface area (TPSA) is 20.2 Å². The minimum absolute atomic E-state index is 0.514. The molecule has 0 saturated heterocycles. The van der Waals surface area contributed by atoms with Gasteiger partial charge >= 0.3 is 0 Å². The van der Waals surface area contributed by atoms with Crippen molar-refractivity contribution in [2.45, 2.75) is 97.8 Å². The predicted molar refractivity (Wildman–Crippen MR) is 97.8 cm³/mol. The van der Waals surface area contributed by atoms with E-state index in [9.17, 15) is 5.11 Å². The van der Waals surface area contributed by atoms with Gasteiger partial charge in [0.15, 0.2) is 0 Å². The first-order valence-corrected chi connectivity index (χ1v) is 9.51. The summed E-state index contributed by atoms with van der Waals surface area (Å²) in [6.45, 7) is 6.68. The molecule has 0 spiro atoms. The highest BCUT2D eigenvalue weighted by atomic mass is 16.3. The van der Waals surface area contributed by atoms with Crippen LogP contribution in [-0.2, 0) is 12.8 Å². The van der Waals surface area contributed by atoms with E-state index in [4.69, 9.17) is 0 Å². The van der Waals surface area contributed by atoms with E-state index < -0.39 is 0 Å². The summed E-state index contributed by atoms with van der Waals surface area (Å²) in [4.78, 5) is 0. The maximum Gasteiger partial charge on any atom is 0.119 e. The highest BCUT2D eigenvalue weighted by molar-refractivity contribution is 5.44. The number of aryl methyl sites for hydroxylation is 1. The Labute approximate surface area is 138 Å². The van der Waals surface area contributed by atoms with E-state index >= 15 is 0 Å². The van der Waals surface area contributed by atoms with Crippen LogP contribution in [0.25, 0.3) is 0 Å². The third-order valence-corrected chi connectivity index (χ3v) is 4.70. The van der Waals surface area contributed by atoms with Gasteiger partial charge in [-0.15, -0.1) is 0 Å². The van der Waals surface area contributed by atoms with E-state index in [-0.39, 0.29) is 0 Å². The van der Waals surface area contributed by atoms with E-state index in [1.807, 2.05) is 6.07 Å². The van der Waals surface area contributed by atoms with Crippen molar-refractivity contribution in [1.29, 1.82) is 0 Å². The van der Waals surface area contributed by atoms with Gasteiger partial charge < -0.3 is 5.11 Å². The molecular weight excluding hydrogens is 268 g/mol. The van der Waals surface area contributed by atoms with Crippen LogP contribution in [0.4, 0.5) is 0 Å². The third-order valence-electron chi connectivity index (χ3n) is 4.70. The van der Waals surface area contributed by atoms with Gasteiger partial charge in [0.2, 0.25) is 0 Å². The molecule has 1 aromatic rings. The number of rotatable bonds is 12. The highest BCUT2D eigenvalue weighted by Gasteiger charge is 2.10. The van der Waals surface area contributed by atoms with Gasteiger partial charge in [-0.05, 0) is 55.4 Å². The van der Waals surface area contributed by atoms with Crippen LogP contribution in [0, 0.1) is 6.92 Å². The molecule has 0 heterocycles. The zero-order chi connectivity index (χ0) is 16.2. The summed E-state index contributed by atoms with van der Waals surface area (Å²) in [6, 6.07) is 3.95. The van der Waals surface area contributed by atoms with Crippen molar-refractivity contribution < 1.29 is 5.11 Å². The highest BCUT2D eigenvalue weighted by Crippen LogP contribution is 2.28. The van der Waals surface area contributed by atoms with Crippen LogP contribution in [0.5, 0.6) is 5.75 Å². The van der Waals surface area contributed by atoms with E-state index in [1.54, 1.807) is 0 Å². The Bertz CT molecular complexity index is 409. The summed E-state index contributed by atoms with van der Waals surface area (Å²) in [5.41, 5.74) is 3.98. The Kier molecular flexibility index (Phi) is 10.0. The fourth-order valence-corrected chi connectivity index (χ4v) is 3.21. The SMILES string of the molecule is CCCCCCCCCCc1c(O)ccc(C)c1CCCC. The van der Waals surface area contributed by atoms with E-state index in [0.717, 1.165) is 12.8 Å². The molecule has 1 nitrogen and oxygen atoms in total. The number of hydrogen-bond acceptors (Lipinski definition) is 1. The summed E-state index contributed by atoms with van der Waals surface area (Å²) in [7, 11) is 0. The standard InChI is InChI=1S/C21H36O/c1-4-6-8-9-10-11-12-13-15-20-19(14-7-5-2)18(3)16-17-21(20)22/h16-17,22H,4-15H2,1-3H3. The Morgan fingerprint density at radius 1 is 0.682 bits per heavy atom. The lowest BCUT2D eigenvalue weighted by molar-refractivity contribution is 0.464. The van der Waals surface area contributed by atoms with Gasteiger partial charge in [0.25, 0.3) is 0 Å². The first-order chi connectivity index (χ1) is 10.7. The van der Waals surface area contributed by atoms with Gasteiger partial charge in [-0.25, -0.2) is 0 Å². The fraction of sp³-hybridized carbons (Fsp3) is 0.714. The van der Waals surface area contributed by atoms with Gasteiger partial charge in [-0.3, -0.25) is 0 Å². The average molecular weight is 305 g/mol. The van der Waals surface area contributed by atoms with Crippen LogP contribution in [0.15, 0.2) is 12.1 Å². The molecule has 22 heavy (non-hydrogen) atoms. The summed E-state index contributed by atoms with van der Waals surface area (Å²) in [6.07, 6.45) is 15.3. The van der Waals surface area contributed by atoms with E-state index in [0.29, 0.717) is 5.75 Å². The Morgan fingerprint density at radius 2 is 1.23 bits per heavy atom. The number of phenols is 1. The number of aromatic hydroxyl groups is 1. The Hall–Kier alpha value is -0.980. The van der Waals surface area contributed by atoms with Crippen molar-refractivity contribution in [2.75, 3.05) is 0 Å². The van der Waals surface area contributed by atoms with Gasteiger partial charge in [-0.2, -0.15) is 0 Å². The van der Waals surface area contributed by atoms with Crippen molar-refractivity contribution >= 4 is 0 Å². The molecule has 0 fully saturated rings. The monoisotopic (exact) mass is 304 g/mol. The maximum atomic E-state index is 10.2. The quantitative estimate of drug-likeness (QED) is 0.425. The number of phenolic OH excluding ortho intramolecular Hbond substituents is 1. The first-order valence-electron chi connectivity index (χ1n) is 9.51. The summed E-state index contributed by atoms with van der Waals surface area (Å²) >= 11 is 0. The van der Waals surface area contributed by atoms with Crippen LogP contribution in [0.1, 0.15) is 94.7 Å².